The van der Waals surface area contributed by atoms with E-state index < -0.39 is 0 Å². The van der Waals surface area contributed by atoms with Crippen molar-refractivity contribution in [2.75, 3.05) is 5.73 Å². The van der Waals surface area contributed by atoms with E-state index in [0.29, 0.717) is 5.82 Å². The lowest BCUT2D eigenvalue weighted by atomic mass is 10.1. The van der Waals surface area contributed by atoms with Crippen LogP contribution in [0.1, 0.15) is 17.1 Å². The fourth-order valence-corrected chi connectivity index (χ4v) is 4.77. The van der Waals surface area contributed by atoms with E-state index in [2.05, 4.69) is 42.0 Å². The zero-order chi connectivity index (χ0) is 20.1. The Bertz CT molecular complexity index is 1320. The van der Waals surface area contributed by atoms with Gasteiger partial charge in [0.15, 0.2) is 5.65 Å². The van der Waals surface area contributed by atoms with Crippen LogP contribution in [0.4, 0.5) is 5.82 Å². The molecule has 0 radical (unpaired) electrons. The van der Waals surface area contributed by atoms with Crippen LogP contribution in [0.2, 0.25) is 0 Å². The number of thiophene rings is 1. The minimum absolute atomic E-state index is 0.608. The molecule has 0 fully saturated rings. The van der Waals surface area contributed by atoms with E-state index in [9.17, 15) is 0 Å². The van der Waals surface area contributed by atoms with E-state index in [1.165, 1.54) is 11.4 Å². The molecular formula is C23H21N5S. The van der Waals surface area contributed by atoms with E-state index in [4.69, 9.17) is 15.8 Å². The van der Waals surface area contributed by atoms with Gasteiger partial charge in [0.1, 0.15) is 11.5 Å². The highest BCUT2D eigenvalue weighted by Gasteiger charge is 2.18. The number of aromatic nitrogens is 4. The molecule has 0 bridgehead atoms. The van der Waals surface area contributed by atoms with Crippen LogP contribution in [0.15, 0.2) is 60.0 Å². The van der Waals surface area contributed by atoms with Crippen LogP contribution in [0.3, 0.4) is 0 Å². The van der Waals surface area contributed by atoms with Crippen LogP contribution in [0.25, 0.3) is 33.0 Å². The Morgan fingerprint density at radius 1 is 0.931 bits per heavy atom. The lowest BCUT2D eigenvalue weighted by Gasteiger charge is -2.10. The van der Waals surface area contributed by atoms with Crippen molar-refractivity contribution < 1.29 is 0 Å². The van der Waals surface area contributed by atoms with Gasteiger partial charge in [-0.2, -0.15) is 9.61 Å². The van der Waals surface area contributed by atoms with Crippen LogP contribution in [-0.2, 0) is 0 Å². The first-order chi connectivity index (χ1) is 14.0. The van der Waals surface area contributed by atoms with Crippen molar-refractivity contribution in [3.05, 3.63) is 77.1 Å². The minimum Gasteiger partial charge on any atom is -0.383 e. The number of nitrogens with zero attached hydrogens (tertiary/aromatic N) is 4. The lowest BCUT2D eigenvalue weighted by Crippen LogP contribution is -2.05. The molecule has 6 heteroatoms. The van der Waals surface area contributed by atoms with Gasteiger partial charge in [0.05, 0.1) is 16.3 Å². The fraction of sp³-hybridized carbons (Fsp3) is 0.130. The predicted octanol–water partition coefficient (Wildman–Crippen LogP) is 5.42. The summed E-state index contributed by atoms with van der Waals surface area (Å²) in [4.78, 5) is 5.90. The van der Waals surface area contributed by atoms with Crippen LogP contribution >= 0.6 is 11.3 Å². The third kappa shape index (κ3) is 2.76. The Kier molecular flexibility index (Phi) is 4.03. The molecule has 4 heterocycles. The van der Waals surface area contributed by atoms with Crippen molar-refractivity contribution in [1.82, 2.24) is 19.2 Å². The lowest BCUT2D eigenvalue weighted by molar-refractivity contribution is 0.943. The summed E-state index contributed by atoms with van der Waals surface area (Å²) in [6.45, 7) is 6.23. The van der Waals surface area contributed by atoms with Crippen LogP contribution in [0.5, 0.6) is 0 Å². The first-order valence-corrected chi connectivity index (χ1v) is 10.4. The summed E-state index contributed by atoms with van der Waals surface area (Å²) < 4.78 is 4.01. The fourth-order valence-electron chi connectivity index (χ4n) is 3.94. The summed E-state index contributed by atoms with van der Waals surface area (Å²) in [5.74, 6) is 0.608. The number of nitrogen functional groups attached to an aromatic ring is 1. The Balaban J connectivity index is 1.70. The average molecular weight is 400 g/mol. The molecule has 0 aliphatic carbocycles. The molecule has 0 saturated heterocycles. The van der Waals surface area contributed by atoms with Crippen molar-refractivity contribution in [3.63, 3.8) is 0 Å². The standard InChI is InChI=1S/C23H21N5S/c1-14-9-10-15(2)27(14)19-11-12-29-22(19)18-13-20-25-16(3)21(23(24)28(20)26-18)17-7-5-4-6-8-17/h4-13H,24H2,1-3H3. The topological polar surface area (TPSA) is 61.1 Å². The number of nitrogens with two attached hydrogens (primary N) is 1. The molecule has 29 heavy (non-hydrogen) atoms. The van der Waals surface area contributed by atoms with Crippen molar-refractivity contribution in [1.29, 1.82) is 0 Å². The van der Waals surface area contributed by atoms with Gasteiger partial charge in [0.2, 0.25) is 0 Å². The minimum atomic E-state index is 0.608. The molecular weight excluding hydrogens is 378 g/mol. The van der Waals surface area contributed by atoms with E-state index in [-0.39, 0.29) is 0 Å². The third-order valence-corrected chi connectivity index (χ3v) is 6.20. The first kappa shape index (κ1) is 17.7. The molecule has 5 rings (SSSR count). The number of hydrogen-bond donors (Lipinski definition) is 1. The second-order valence-electron chi connectivity index (χ2n) is 7.21. The maximum atomic E-state index is 6.56. The molecule has 0 spiro atoms. The summed E-state index contributed by atoms with van der Waals surface area (Å²) in [5.41, 5.74) is 14.6. The van der Waals surface area contributed by atoms with Crippen LogP contribution in [0, 0.1) is 20.8 Å². The van der Waals surface area contributed by atoms with Gasteiger partial charge in [-0.15, -0.1) is 11.3 Å². The number of fused-ring (bicyclic) bond motifs is 1. The van der Waals surface area contributed by atoms with Crippen molar-refractivity contribution in [2.24, 2.45) is 0 Å². The highest BCUT2D eigenvalue weighted by molar-refractivity contribution is 7.14. The molecule has 0 aliphatic heterocycles. The quantitative estimate of drug-likeness (QED) is 0.440. The van der Waals surface area contributed by atoms with E-state index >= 15 is 0 Å². The van der Waals surface area contributed by atoms with Gasteiger partial charge in [-0.1, -0.05) is 30.3 Å². The molecule has 0 aliphatic rings. The smallest absolute Gasteiger partial charge is 0.158 e. The molecule has 1 aromatic carbocycles. The number of hydrogen-bond acceptors (Lipinski definition) is 4. The van der Waals surface area contributed by atoms with Gasteiger partial charge in [-0.25, -0.2) is 4.98 Å². The second kappa shape index (κ2) is 6.60. The van der Waals surface area contributed by atoms with Crippen LogP contribution < -0.4 is 5.73 Å². The van der Waals surface area contributed by atoms with E-state index in [0.717, 1.165) is 38.7 Å². The largest absolute Gasteiger partial charge is 0.383 e. The zero-order valence-corrected chi connectivity index (χ0v) is 17.4. The number of aryl methyl sites for hydroxylation is 3. The zero-order valence-electron chi connectivity index (χ0n) is 16.5. The maximum Gasteiger partial charge on any atom is 0.158 e. The molecule has 0 amide bonds. The highest BCUT2D eigenvalue weighted by atomic mass is 32.1. The molecule has 0 unspecified atom stereocenters. The van der Waals surface area contributed by atoms with E-state index in [1.54, 1.807) is 15.9 Å². The Hall–Kier alpha value is -3.38. The highest BCUT2D eigenvalue weighted by Crippen LogP contribution is 2.35. The Morgan fingerprint density at radius 2 is 1.66 bits per heavy atom. The van der Waals surface area contributed by atoms with Gasteiger partial charge in [-0.3, -0.25) is 0 Å². The molecule has 0 atom stereocenters. The number of benzene rings is 1. The Morgan fingerprint density at radius 3 is 2.38 bits per heavy atom. The van der Waals surface area contributed by atoms with Crippen molar-refractivity contribution in [2.45, 2.75) is 20.8 Å². The molecule has 5 aromatic rings. The summed E-state index contributed by atoms with van der Waals surface area (Å²) >= 11 is 1.68. The van der Waals surface area contributed by atoms with Gasteiger partial charge in [0.25, 0.3) is 0 Å². The molecule has 144 valence electrons. The summed E-state index contributed by atoms with van der Waals surface area (Å²) in [6.07, 6.45) is 0. The first-order valence-electron chi connectivity index (χ1n) is 9.49. The van der Waals surface area contributed by atoms with Crippen molar-refractivity contribution >= 4 is 22.8 Å². The normalized spacial score (nSPS) is 11.4. The van der Waals surface area contributed by atoms with E-state index in [1.807, 2.05) is 43.3 Å². The van der Waals surface area contributed by atoms with Gasteiger partial charge < -0.3 is 10.3 Å². The second-order valence-corrected chi connectivity index (χ2v) is 8.13. The Labute approximate surface area is 173 Å². The predicted molar refractivity (Wildman–Crippen MR) is 120 cm³/mol. The third-order valence-electron chi connectivity index (χ3n) is 5.27. The number of anilines is 1. The summed E-state index contributed by atoms with van der Waals surface area (Å²) in [7, 11) is 0. The summed E-state index contributed by atoms with van der Waals surface area (Å²) in [5, 5.41) is 6.94. The van der Waals surface area contributed by atoms with Crippen LogP contribution in [-0.4, -0.2) is 19.2 Å². The van der Waals surface area contributed by atoms with Gasteiger partial charge >= 0.3 is 0 Å². The van der Waals surface area contributed by atoms with Gasteiger partial charge in [0, 0.05) is 23.0 Å². The molecule has 2 N–H and O–H groups in total. The van der Waals surface area contributed by atoms with Crippen molar-refractivity contribution in [3.8, 4) is 27.4 Å². The molecule has 4 aromatic heterocycles. The monoisotopic (exact) mass is 399 g/mol. The molecule has 5 nitrogen and oxygen atoms in total. The maximum absolute atomic E-state index is 6.56. The van der Waals surface area contributed by atoms with Gasteiger partial charge in [-0.05, 0) is 49.9 Å². The average Bonchev–Trinajstić information content (AvgIpc) is 3.41. The summed E-state index contributed by atoms with van der Waals surface area (Å²) in [6, 6.07) is 18.5. The number of rotatable bonds is 3. The molecule has 0 saturated carbocycles. The SMILES string of the molecule is Cc1nc2cc(-c3sccc3-n3c(C)ccc3C)nn2c(N)c1-c1ccccc1.